The van der Waals surface area contributed by atoms with Gasteiger partial charge in [0.2, 0.25) is 0 Å². The van der Waals surface area contributed by atoms with Crippen LogP contribution >= 0.6 is 0 Å². The van der Waals surface area contributed by atoms with Crippen LogP contribution in [0.2, 0.25) is 0 Å². The minimum atomic E-state index is -0.949. The number of hydrogen-bond acceptors (Lipinski definition) is 5. The summed E-state index contributed by atoms with van der Waals surface area (Å²) in [4.78, 5) is 20.1. The maximum Gasteiger partial charge on any atom is 0.335 e. The van der Waals surface area contributed by atoms with Crippen molar-refractivity contribution < 1.29 is 23.4 Å². The first-order valence-electron chi connectivity index (χ1n) is 11.3. The lowest BCUT2D eigenvalue weighted by atomic mass is 9.99. The van der Waals surface area contributed by atoms with Gasteiger partial charge in [-0.05, 0) is 37.1 Å². The normalized spacial score (nSPS) is 11.1. The Hall–Kier alpha value is -4.01. The third-order valence-electron chi connectivity index (χ3n) is 5.91. The van der Waals surface area contributed by atoms with Gasteiger partial charge in [-0.25, -0.2) is 23.5 Å². The quantitative estimate of drug-likeness (QED) is 0.331. The van der Waals surface area contributed by atoms with Crippen LogP contribution in [-0.4, -0.2) is 39.3 Å². The molecule has 0 unspecified atom stereocenters. The molecule has 0 aliphatic rings. The number of rotatable bonds is 9. The fourth-order valence-electron chi connectivity index (χ4n) is 4.32. The third-order valence-corrected chi connectivity index (χ3v) is 5.91. The van der Waals surface area contributed by atoms with Gasteiger partial charge in [0.05, 0.1) is 23.9 Å². The summed E-state index contributed by atoms with van der Waals surface area (Å²) >= 11 is 0. The molecule has 2 aromatic carbocycles. The van der Waals surface area contributed by atoms with E-state index in [9.17, 15) is 18.7 Å². The van der Waals surface area contributed by atoms with Crippen molar-refractivity contribution >= 4 is 22.7 Å². The molecule has 4 aromatic rings. The monoisotopic (exact) mass is 480 g/mol. The maximum absolute atomic E-state index is 14.6. The smallest absolute Gasteiger partial charge is 0.335 e. The molecule has 182 valence electrons. The van der Waals surface area contributed by atoms with E-state index in [4.69, 9.17) is 4.74 Å². The summed E-state index contributed by atoms with van der Waals surface area (Å²) in [6.07, 6.45) is 2.92. The largest absolute Gasteiger partial charge is 0.493 e. The highest BCUT2D eigenvalue weighted by Gasteiger charge is 2.18. The van der Waals surface area contributed by atoms with Crippen molar-refractivity contribution in [3.8, 4) is 17.0 Å². The highest BCUT2D eigenvalue weighted by Crippen LogP contribution is 2.33. The minimum absolute atomic E-state index is 0.0213. The Labute approximate surface area is 201 Å². The first-order chi connectivity index (χ1) is 16.8. The van der Waals surface area contributed by atoms with Gasteiger partial charge in [-0.2, -0.15) is 0 Å². The predicted octanol–water partition coefficient (Wildman–Crippen LogP) is 5.46. The Kier molecular flexibility index (Phi) is 6.95. The summed E-state index contributed by atoms with van der Waals surface area (Å²) in [6.45, 7) is 4.67. The molecule has 0 saturated carbocycles. The number of aromatic carboxylic acids is 1. The number of anilines is 1. The zero-order chi connectivity index (χ0) is 25.1. The second kappa shape index (κ2) is 10.1. The first-order valence-corrected chi connectivity index (χ1v) is 11.3. The summed E-state index contributed by atoms with van der Waals surface area (Å²) in [5, 5.41) is 13.0. The SMILES string of the molecule is CCCc1cc(-c2cc(NCCn3c(C)cc4c(OC)c(F)cc(F)c43)ncn2)ccc1C(=O)O. The van der Waals surface area contributed by atoms with Crippen molar-refractivity contribution in [3.05, 3.63) is 71.2 Å². The molecule has 0 amide bonds. The fraction of sp³-hybridized carbons (Fsp3) is 0.269. The van der Waals surface area contributed by atoms with Crippen LogP contribution in [0.25, 0.3) is 22.2 Å². The van der Waals surface area contributed by atoms with E-state index in [1.165, 1.54) is 13.4 Å². The van der Waals surface area contributed by atoms with Gasteiger partial charge in [-0.3, -0.25) is 0 Å². The van der Waals surface area contributed by atoms with E-state index in [1.54, 1.807) is 28.8 Å². The average molecular weight is 481 g/mol. The Morgan fingerprint density at radius 3 is 2.66 bits per heavy atom. The van der Waals surface area contributed by atoms with E-state index in [0.717, 1.165) is 29.3 Å². The predicted molar refractivity (Wildman–Crippen MR) is 130 cm³/mol. The number of carboxylic acid groups (broad SMARTS) is 1. The summed E-state index contributed by atoms with van der Waals surface area (Å²) in [5.41, 5.74) is 3.57. The van der Waals surface area contributed by atoms with Crippen LogP contribution in [0.5, 0.6) is 5.75 Å². The van der Waals surface area contributed by atoms with E-state index >= 15 is 0 Å². The van der Waals surface area contributed by atoms with E-state index in [0.29, 0.717) is 42.0 Å². The number of methoxy groups -OCH3 is 1. The molecule has 4 rings (SSSR count). The number of hydrogen-bond donors (Lipinski definition) is 2. The number of carbonyl (C=O) groups is 1. The van der Waals surface area contributed by atoms with E-state index < -0.39 is 17.6 Å². The second-order valence-electron chi connectivity index (χ2n) is 8.22. The van der Waals surface area contributed by atoms with E-state index in [1.807, 2.05) is 19.9 Å². The average Bonchev–Trinajstić information content (AvgIpc) is 3.15. The van der Waals surface area contributed by atoms with Crippen LogP contribution in [0.3, 0.4) is 0 Å². The lowest BCUT2D eigenvalue weighted by Gasteiger charge is -2.12. The van der Waals surface area contributed by atoms with Crippen LogP contribution in [0, 0.1) is 18.6 Å². The first kappa shape index (κ1) is 24.1. The highest BCUT2D eigenvalue weighted by molar-refractivity contribution is 5.90. The molecule has 2 heterocycles. The molecule has 0 bridgehead atoms. The van der Waals surface area contributed by atoms with Crippen molar-refractivity contribution in [2.75, 3.05) is 19.0 Å². The van der Waals surface area contributed by atoms with Gasteiger partial charge in [0.25, 0.3) is 0 Å². The molecule has 0 spiro atoms. The second-order valence-corrected chi connectivity index (χ2v) is 8.22. The van der Waals surface area contributed by atoms with E-state index in [2.05, 4.69) is 15.3 Å². The van der Waals surface area contributed by atoms with Crippen LogP contribution in [0.15, 0.2) is 42.7 Å². The van der Waals surface area contributed by atoms with Gasteiger partial charge in [-0.1, -0.05) is 19.4 Å². The van der Waals surface area contributed by atoms with Gasteiger partial charge in [0.15, 0.2) is 17.4 Å². The molecule has 9 heteroatoms. The molecule has 2 aromatic heterocycles. The fourth-order valence-corrected chi connectivity index (χ4v) is 4.32. The molecular weight excluding hydrogens is 454 g/mol. The number of halogens is 2. The standard InChI is InChI=1S/C26H26F2N4O3/c1-4-5-16-11-17(6-7-18(16)26(33)34)22-13-23(31-14-30-22)29-8-9-32-15(2)10-19-24(32)20(27)12-21(28)25(19)35-3/h6-7,10-14H,4-5,8-9H2,1-3H3,(H,33,34)(H,29,30,31). The zero-order valence-corrected chi connectivity index (χ0v) is 19.7. The molecule has 2 N–H and O–H groups in total. The van der Waals surface area contributed by atoms with Gasteiger partial charge < -0.3 is 19.7 Å². The van der Waals surface area contributed by atoms with Crippen LogP contribution < -0.4 is 10.1 Å². The number of ether oxygens (including phenoxy) is 1. The van der Waals surface area contributed by atoms with Crippen molar-refractivity contribution in [2.45, 2.75) is 33.2 Å². The number of carboxylic acids is 1. The topological polar surface area (TPSA) is 89.3 Å². The number of fused-ring (bicyclic) bond motifs is 1. The number of benzene rings is 2. The van der Waals surface area contributed by atoms with Gasteiger partial charge >= 0.3 is 5.97 Å². The summed E-state index contributed by atoms with van der Waals surface area (Å²) in [5.74, 6) is -1.74. The highest BCUT2D eigenvalue weighted by atomic mass is 19.1. The number of nitrogens with zero attached hydrogens (tertiary/aromatic N) is 3. The Morgan fingerprint density at radius 2 is 1.94 bits per heavy atom. The lowest BCUT2D eigenvalue weighted by molar-refractivity contribution is 0.0695. The van der Waals surface area contributed by atoms with Crippen LogP contribution in [-0.2, 0) is 13.0 Å². The van der Waals surface area contributed by atoms with Gasteiger partial charge in [0, 0.05) is 41.9 Å². The summed E-state index contributed by atoms with van der Waals surface area (Å²) in [7, 11) is 1.36. The lowest BCUT2D eigenvalue weighted by Crippen LogP contribution is -2.13. The van der Waals surface area contributed by atoms with Crippen molar-refractivity contribution in [1.29, 1.82) is 0 Å². The Balaban J connectivity index is 1.54. The van der Waals surface area contributed by atoms with Gasteiger partial charge in [0.1, 0.15) is 12.1 Å². The Bertz CT molecular complexity index is 1400. The molecule has 0 aliphatic heterocycles. The van der Waals surface area contributed by atoms with Crippen molar-refractivity contribution in [3.63, 3.8) is 0 Å². The van der Waals surface area contributed by atoms with E-state index in [-0.39, 0.29) is 11.3 Å². The maximum atomic E-state index is 14.6. The van der Waals surface area contributed by atoms with Crippen LogP contribution in [0.1, 0.15) is 35.0 Å². The number of nitrogens with one attached hydrogen (secondary N) is 1. The summed E-state index contributed by atoms with van der Waals surface area (Å²) < 4.78 is 35.6. The molecular formula is C26H26F2N4O3. The van der Waals surface area contributed by atoms with Crippen molar-refractivity contribution in [1.82, 2.24) is 14.5 Å². The summed E-state index contributed by atoms with van der Waals surface area (Å²) in [6, 6.07) is 9.51. The molecule has 0 saturated heterocycles. The molecule has 0 aliphatic carbocycles. The molecule has 0 fully saturated rings. The number of aromatic nitrogens is 3. The third kappa shape index (κ3) is 4.80. The molecule has 7 nitrogen and oxygen atoms in total. The van der Waals surface area contributed by atoms with Crippen LogP contribution in [0.4, 0.5) is 14.6 Å². The van der Waals surface area contributed by atoms with Gasteiger partial charge in [-0.15, -0.1) is 0 Å². The number of aryl methyl sites for hydroxylation is 2. The Morgan fingerprint density at radius 1 is 1.14 bits per heavy atom. The molecule has 0 atom stereocenters. The zero-order valence-electron chi connectivity index (χ0n) is 19.7. The molecule has 35 heavy (non-hydrogen) atoms. The van der Waals surface area contributed by atoms with Crippen molar-refractivity contribution in [2.24, 2.45) is 0 Å². The molecule has 0 radical (unpaired) electrons. The minimum Gasteiger partial charge on any atom is -0.493 e.